The summed E-state index contributed by atoms with van der Waals surface area (Å²) < 4.78 is 31.4. The Morgan fingerprint density at radius 2 is 1.66 bits per heavy atom. The number of sulfone groups is 1. The second-order valence-electron chi connectivity index (χ2n) is 10.9. The molecule has 8 heteroatoms. The van der Waals surface area contributed by atoms with Crippen LogP contribution in [-0.2, 0) is 40.6 Å². The second-order valence-corrected chi connectivity index (χ2v) is 13.2. The van der Waals surface area contributed by atoms with Gasteiger partial charge < -0.3 is 25.4 Å². The van der Waals surface area contributed by atoms with Crippen LogP contribution in [0.2, 0.25) is 0 Å². The average molecular weight is 582 g/mol. The molecule has 7 nitrogen and oxygen atoms in total. The monoisotopic (exact) mass is 581 g/mol. The van der Waals surface area contributed by atoms with Gasteiger partial charge in [0.25, 0.3) is 0 Å². The maximum atomic E-state index is 12.7. The van der Waals surface area contributed by atoms with Crippen molar-refractivity contribution in [2.24, 2.45) is 0 Å². The normalized spacial score (nSPS) is 14.9. The molecule has 0 saturated heterocycles. The smallest absolute Gasteiger partial charge is 0.181 e. The molecule has 0 spiro atoms. The maximum absolute atomic E-state index is 12.7. The minimum absolute atomic E-state index is 0.0245. The van der Waals surface area contributed by atoms with E-state index in [0.717, 1.165) is 62.5 Å². The van der Waals surface area contributed by atoms with Gasteiger partial charge in [0.15, 0.2) is 9.84 Å². The Balaban J connectivity index is 1.10. The van der Waals surface area contributed by atoms with E-state index in [9.17, 15) is 23.7 Å². The lowest BCUT2D eigenvalue weighted by Crippen LogP contribution is -2.23. The van der Waals surface area contributed by atoms with Crippen molar-refractivity contribution in [1.29, 1.82) is 0 Å². The molecule has 0 aromatic heterocycles. The first kappa shape index (κ1) is 31.2. The van der Waals surface area contributed by atoms with E-state index in [1.807, 2.05) is 18.2 Å². The first-order chi connectivity index (χ1) is 19.9. The molecule has 1 atom stereocenters. The molecule has 4 rings (SSSR count). The van der Waals surface area contributed by atoms with Gasteiger partial charge in [-0.05, 0) is 91.6 Å². The van der Waals surface area contributed by atoms with E-state index in [4.69, 9.17) is 4.74 Å². The number of hydrogen-bond donors (Lipinski definition) is 4. The summed E-state index contributed by atoms with van der Waals surface area (Å²) in [5, 5.41) is 32.5. The van der Waals surface area contributed by atoms with Crippen LogP contribution in [0.15, 0.2) is 71.6 Å². The fourth-order valence-corrected chi connectivity index (χ4v) is 7.22. The fourth-order valence-electron chi connectivity index (χ4n) is 5.36. The van der Waals surface area contributed by atoms with Crippen LogP contribution in [-0.4, -0.2) is 48.7 Å². The molecule has 3 aromatic rings. The predicted octanol–water partition coefficient (Wildman–Crippen LogP) is 5.01. The highest BCUT2D eigenvalue weighted by Gasteiger charge is 2.30. The zero-order valence-corrected chi connectivity index (χ0v) is 24.5. The molecule has 1 aliphatic carbocycles. The number of unbranched alkanes of at least 4 members (excludes halogenated alkanes) is 1. The number of aryl methyl sites for hydroxylation is 1. The Bertz CT molecular complexity index is 1340. The molecule has 0 radical (unpaired) electrons. The van der Waals surface area contributed by atoms with Gasteiger partial charge in [-0.1, -0.05) is 55.3 Å². The molecule has 1 unspecified atom stereocenters. The summed E-state index contributed by atoms with van der Waals surface area (Å²) in [5.41, 5.74) is 4.53. The molecular formula is C33H43NO6S. The summed E-state index contributed by atoms with van der Waals surface area (Å²) in [6.45, 7) is 2.04. The van der Waals surface area contributed by atoms with Crippen molar-refractivity contribution in [2.45, 2.75) is 80.8 Å². The number of benzene rings is 3. The molecule has 41 heavy (non-hydrogen) atoms. The van der Waals surface area contributed by atoms with E-state index in [2.05, 4.69) is 23.5 Å². The molecule has 0 aliphatic heterocycles. The lowest BCUT2D eigenvalue weighted by atomic mass is 10.0. The Kier molecular flexibility index (Phi) is 11.8. The Labute approximate surface area is 244 Å². The van der Waals surface area contributed by atoms with Crippen LogP contribution < -0.4 is 5.32 Å². The van der Waals surface area contributed by atoms with Gasteiger partial charge in [0.2, 0.25) is 0 Å². The summed E-state index contributed by atoms with van der Waals surface area (Å²) in [7, 11) is -3.19. The fraction of sp³-hybridized carbons (Fsp3) is 0.455. The minimum Gasteiger partial charge on any atom is -0.508 e. The van der Waals surface area contributed by atoms with Crippen molar-refractivity contribution in [3.8, 4) is 5.75 Å². The summed E-state index contributed by atoms with van der Waals surface area (Å²) in [6.07, 6.45) is 6.51. The van der Waals surface area contributed by atoms with Crippen LogP contribution in [0.25, 0.3) is 0 Å². The molecular weight excluding hydrogens is 538 g/mol. The number of ether oxygens (including phenoxy) is 1. The van der Waals surface area contributed by atoms with Gasteiger partial charge in [0.1, 0.15) is 5.75 Å². The van der Waals surface area contributed by atoms with Crippen molar-refractivity contribution in [1.82, 2.24) is 5.32 Å². The number of hydrogen-bond acceptors (Lipinski definition) is 7. The molecule has 1 saturated carbocycles. The largest absolute Gasteiger partial charge is 0.508 e. The van der Waals surface area contributed by atoms with Gasteiger partial charge in [-0.15, -0.1) is 0 Å². The standard InChI is InChI=1S/C33H43NO6S/c35-23-29-21-28(13-16-32(29)36)33(37)22-34-18-17-26-7-5-8-27(20-26)24-40-19-4-3-6-25-11-14-31(15-12-25)41(38,39)30-9-1-2-10-30/h5,7-8,11-16,20-21,30,33-37H,1-4,6,9-10,17-19,22-24H2. The van der Waals surface area contributed by atoms with E-state index in [1.54, 1.807) is 24.3 Å². The zero-order chi connectivity index (χ0) is 29.1. The van der Waals surface area contributed by atoms with E-state index >= 15 is 0 Å². The van der Waals surface area contributed by atoms with Crippen molar-refractivity contribution >= 4 is 9.84 Å². The quantitative estimate of drug-likeness (QED) is 0.176. The van der Waals surface area contributed by atoms with Crippen LogP contribution in [0.3, 0.4) is 0 Å². The molecule has 1 fully saturated rings. The molecule has 3 aromatic carbocycles. The third kappa shape index (κ3) is 9.12. The zero-order valence-electron chi connectivity index (χ0n) is 23.7. The van der Waals surface area contributed by atoms with E-state index in [1.165, 1.54) is 11.6 Å². The minimum atomic E-state index is -3.19. The number of phenols is 1. The van der Waals surface area contributed by atoms with Crippen molar-refractivity contribution in [2.75, 3.05) is 19.7 Å². The van der Waals surface area contributed by atoms with E-state index in [-0.39, 0.29) is 17.6 Å². The van der Waals surface area contributed by atoms with Crippen molar-refractivity contribution < 1.29 is 28.5 Å². The summed E-state index contributed by atoms with van der Waals surface area (Å²) in [6, 6.07) is 20.5. The lowest BCUT2D eigenvalue weighted by molar-refractivity contribution is 0.117. The van der Waals surface area contributed by atoms with Crippen LogP contribution >= 0.6 is 0 Å². The van der Waals surface area contributed by atoms with Crippen LogP contribution in [0.5, 0.6) is 5.75 Å². The van der Waals surface area contributed by atoms with Gasteiger partial charge in [-0.25, -0.2) is 8.42 Å². The molecule has 0 heterocycles. The third-order valence-corrected chi connectivity index (χ3v) is 10.1. The lowest BCUT2D eigenvalue weighted by Gasteiger charge is -2.14. The van der Waals surface area contributed by atoms with Crippen molar-refractivity contribution in [3.63, 3.8) is 0 Å². The summed E-state index contributed by atoms with van der Waals surface area (Å²) >= 11 is 0. The Hall–Kier alpha value is -2.75. The highest BCUT2D eigenvalue weighted by molar-refractivity contribution is 7.92. The second kappa shape index (κ2) is 15.5. The maximum Gasteiger partial charge on any atom is 0.181 e. The number of aromatic hydroxyl groups is 1. The highest BCUT2D eigenvalue weighted by atomic mass is 32.2. The van der Waals surface area contributed by atoms with Crippen LogP contribution in [0.1, 0.15) is 72.4 Å². The van der Waals surface area contributed by atoms with E-state index < -0.39 is 15.9 Å². The SMILES string of the molecule is O=S(=O)(c1ccc(CCCCOCc2cccc(CCNCC(O)c3ccc(O)c(CO)c3)c2)cc1)C1CCCC1. The first-order valence-corrected chi connectivity index (χ1v) is 16.2. The summed E-state index contributed by atoms with van der Waals surface area (Å²) in [5.74, 6) is 0.0245. The Morgan fingerprint density at radius 3 is 2.41 bits per heavy atom. The number of nitrogens with one attached hydrogen (secondary N) is 1. The Morgan fingerprint density at radius 1 is 0.902 bits per heavy atom. The van der Waals surface area contributed by atoms with Gasteiger partial charge in [-0.3, -0.25) is 0 Å². The first-order valence-electron chi connectivity index (χ1n) is 14.7. The van der Waals surface area contributed by atoms with Gasteiger partial charge in [0, 0.05) is 18.7 Å². The molecule has 0 amide bonds. The number of aliphatic hydroxyl groups is 2. The van der Waals surface area contributed by atoms with E-state index in [0.29, 0.717) is 42.3 Å². The average Bonchev–Trinajstić information content (AvgIpc) is 3.54. The van der Waals surface area contributed by atoms with Crippen molar-refractivity contribution in [3.05, 3.63) is 94.5 Å². The van der Waals surface area contributed by atoms with Crippen LogP contribution in [0.4, 0.5) is 0 Å². The predicted molar refractivity (Wildman–Crippen MR) is 160 cm³/mol. The summed E-state index contributed by atoms with van der Waals surface area (Å²) in [4.78, 5) is 0.457. The van der Waals surface area contributed by atoms with Crippen LogP contribution in [0, 0.1) is 0 Å². The van der Waals surface area contributed by atoms with Gasteiger partial charge in [-0.2, -0.15) is 0 Å². The molecule has 1 aliphatic rings. The molecule has 0 bridgehead atoms. The molecule has 4 N–H and O–H groups in total. The molecule has 222 valence electrons. The third-order valence-electron chi connectivity index (χ3n) is 7.84. The topological polar surface area (TPSA) is 116 Å². The van der Waals surface area contributed by atoms with Gasteiger partial charge >= 0.3 is 0 Å². The highest BCUT2D eigenvalue weighted by Crippen LogP contribution is 2.29. The number of rotatable bonds is 16. The number of aliphatic hydroxyl groups excluding tert-OH is 2. The van der Waals surface area contributed by atoms with Gasteiger partial charge in [0.05, 0.1) is 29.5 Å².